The fourth-order valence-electron chi connectivity index (χ4n) is 0. The van der Waals surface area contributed by atoms with Crippen LogP contribution in [0.5, 0.6) is 0 Å². The zero-order chi connectivity index (χ0) is 4.28. The minimum absolute atomic E-state index is 0.661. The van der Waals surface area contributed by atoms with E-state index in [9.17, 15) is 4.39 Å². The molecule has 0 atom stereocenters. The van der Waals surface area contributed by atoms with Crippen LogP contribution in [0.1, 0.15) is 0 Å². The lowest BCUT2D eigenvalue weighted by atomic mass is 11.2. The topological polar surface area (TPSA) is 0 Å². The van der Waals surface area contributed by atoms with Crippen molar-refractivity contribution >= 4 is 34.2 Å². The summed E-state index contributed by atoms with van der Waals surface area (Å²) < 4.78 is 12.2. The number of halogens is 3. The van der Waals surface area contributed by atoms with Gasteiger partial charge < -0.3 is 0 Å². The Hall–Kier alpha value is 0.690. The molecule has 5 heavy (non-hydrogen) atoms. The molecule has 0 radical (unpaired) electrons. The van der Waals surface area contributed by atoms with Gasteiger partial charge in [-0.05, 0) is 22.6 Å². The maximum Gasteiger partial charge on any atom is 0.195 e. The van der Waals surface area contributed by atoms with Crippen LogP contribution >= 0.6 is 34.2 Å². The van der Waals surface area contributed by atoms with E-state index in [-0.39, 0.29) is 0 Å². The van der Waals surface area contributed by atoms with Gasteiger partial charge in [0.1, 0.15) is 0 Å². The van der Waals surface area contributed by atoms with Crippen LogP contribution in [0.4, 0.5) is 4.39 Å². The molecule has 0 saturated carbocycles. The Bertz CT molecular complexity index is 47.6. The first-order chi connectivity index (χ1) is 2.27. The van der Waals surface area contributed by atoms with Crippen molar-refractivity contribution in [2.75, 3.05) is 0 Å². The van der Waals surface area contributed by atoms with E-state index >= 15 is 0 Å². The van der Waals surface area contributed by atoms with Crippen molar-refractivity contribution < 1.29 is 4.39 Å². The maximum absolute atomic E-state index is 11.0. The van der Waals surface area contributed by atoms with E-state index in [0.717, 1.165) is 4.08 Å². The van der Waals surface area contributed by atoms with Crippen molar-refractivity contribution in [3.05, 3.63) is 9.37 Å². The van der Waals surface area contributed by atoms with Crippen LogP contribution in [-0.4, -0.2) is 0 Å². The van der Waals surface area contributed by atoms with Gasteiger partial charge in [0, 0.05) is 4.08 Å². The highest BCUT2D eigenvalue weighted by atomic mass is 127. The summed E-state index contributed by atoms with van der Waals surface area (Å²) in [5, 5.41) is -0.661. The largest absolute Gasteiger partial charge is 0.195 e. The highest BCUT2D eigenvalue weighted by molar-refractivity contribution is 14.1. The van der Waals surface area contributed by atoms with Gasteiger partial charge >= 0.3 is 0 Å². The van der Waals surface area contributed by atoms with Crippen LogP contribution in [0.2, 0.25) is 0 Å². The van der Waals surface area contributed by atoms with Gasteiger partial charge in [0.05, 0.1) is 0 Å². The Morgan fingerprint density at radius 1 is 2.00 bits per heavy atom. The Morgan fingerprint density at radius 3 is 2.20 bits per heavy atom. The van der Waals surface area contributed by atoms with Gasteiger partial charge in [-0.1, -0.05) is 11.6 Å². The van der Waals surface area contributed by atoms with E-state index < -0.39 is 5.29 Å². The molecule has 0 saturated heterocycles. The van der Waals surface area contributed by atoms with E-state index in [1.54, 1.807) is 22.6 Å². The van der Waals surface area contributed by atoms with Crippen LogP contribution in [0, 0.1) is 0 Å². The molecule has 30 valence electrons. The van der Waals surface area contributed by atoms with Gasteiger partial charge in [0.2, 0.25) is 0 Å². The van der Waals surface area contributed by atoms with Crippen LogP contribution < -0.4 is 0 Å². The van der Waals surface area contributed by atoms with E-state index in [2.05, 4.69) is 11.6 Å². The second-order valence-electron chi connectivity index (χ2n) is 0.399. The standard InChI is InChI=1S/C2HClFI/c3-2(4)1-5/h1H. The normalized spacial score (nSPS) is 12.2. The number of rotatable bonds is 0. The first kappa shape index (κ1) is 5.69. The highest BCUT2D eigenvalue weighted by Crippen LogP contribution is 2.03. The number of hydrogen-bond acceptors (Lipinski definition) is 0. The van der Waals surface area contributed by atoms with Gasteiger partial charge in [0.15, 0.2) is 5.29 Å². The van der Waals surface area contributed by atoms with Crippen molar-refractivity contribution in [1.82, 2.24) is 0 Å². The molecule has 0 aromatic carbocycles. The summed E-state index contributed by atoms with van der Waals surface area (Å²) in [7, 11) is 0. The lowest BCUT2D eigenvalue weighted by Gasteiger charge is -1.63. The molecule has 0 heterocycles. The molecular weight excluding hydrogens is 205 g/mol. The molecule has 0 N–H and O–H groups in total. The van der Waals surface area contributed by atoms with Crippen molar-refractivity contribution in [1.29, 1.82) is 0 Å². The third kappa shape index (κ3) is 4.69. The predicted molar refractivity (Wildman–Crippen MR) is 29.1 cm³/mol. The average Bonchev–Trinajstić information content (AvgIpc) is 1.38. The molecule has 3 heteroatoms. The highest BCUT2D eigenvalue weighted by Gasteiger charge is 1.72. The van der Waals surface area contributed by atoms with Crippen LogP contribution in [0.3, 0.4) is 0 Å². The predicted octanol–water partition coefficient (Wildman–Crippen LogP) is 2.43. The third-order valence-electron chi connectivity index (χ3n) is 0.0825. The zero-order valence-electron chi connectivity index (χ0n) is 2.21. The first-order valence-electron chi connectivity index (χ1n) is 0.885. The molecule has 0 aromatic rings. The first-order valence-corrected chi connectivity index (χ1v) is 2.51. The summed E-state index contributed by atoms with van der Waals surface area (Å²) in [6, 6.07) is 0. The fourth-order valence-corrected chi connectivity index (χ4v) is 0. The third-order valence-corrected chi connectivity index (χ3v) is 1.11. The summed E-state index contributed by atoms with van der Waals surface area (Å²) in [5.41, 5.74) is 0. The lowest BCUT2D eigenvalue weighted by molar-refractivity contribution is 0.698. The summed E-state index contributed by atoms with van der Waals surface area (Å²) in [5.74, 6) is 0. The Balaban J connectivity index is 3.14. The minimum atomic E-state index is -0.661. The second-order valence-corrected chi connectivity index (χ2v) is 1.38. The minimum Gasteiger partial charge on any atom is -0.193 e. The molecule has 0 aliphatic rings. The molecule has 0 nitrogen and oxygen atoms in total. The lowest BCUT2D eigenvalue weighted by Crippen LogP contribution is -1.36. The molecular formula is C2HClFI. The van der Waals surface area contributed by atoms with Crippen molar-refractivity contribution in [2.45, 2.75) is 0 Å². The molecule has 0 fully saturated rings. The monoisotopic (exact) mass is 206 g/mol. The fraction of sp³-hybridized carbons (Fsp3) is 0. The van der Waals surface area contributed by atoms with Crippen LogP contribution in [0.15, 0.2) is 9.37 Å². The van der Waals surface area contributed by atoms with E-state index in [0.29, 0.717) is 0 Å². The molecule has 0 bridgehead atoms. The average molecular weight is 206 g/mol. The summed E-state index contributed by atoms with van der Waals surface area (Å²) >= 11 is 6.36. The van der Waals surface area contributed by atoms with E-state index in [4.69, 9.17) is 0 Å². The van der Waals surface area contributed by atoms with Gasteiger partial charge in [-0.25, -0.2) is 0 Å². The molecule has 0 aliphatic heterocycles. The van der Waals surface area contributed by atoms with Crippen LogP contribution in [-0.2, 0) is 0 Å². The van der Waals surface area contributed by atoms with Crippen molar-refractivity contribution in [3.63, 3.8) is 0 Å². The molecule has 0 unspecified atom stereocenters. The Kier molecular flexibility index (Phi) is 3.30. The maximum atomic E-state index is 11.0. The quantitative estimate of drug-likeness (QED) is 0.534. The molecule has 0 spiro atoms. The van der Waals surface area contributed by atoms with Gasteiger partial charge in [-0.15, -0.1) is 0 Å². The second kappa shape index (κ2) is 2.90. The molecule has 0 aromatic heterocycles. The van der Waals surface area contributed by atoms with Crippen molar-refractivity contribution in [3.8, 4) is 0 Å². The van der Waals surface area contributed by atoms with Gasteiger partial charge in [0.25, 0.3) is 0 Å². The SMILES string of the molecule is FC(Cl)=CI. The van der Waals surface area contributed by atoms with Gasteiger partial charge in [-0.3, -0.25) is 0 Å². The van der Waals surface area contributed by atoms with Crippen LogP contribution in [0.25, 0.3) is 0 Å². The molecule has 0 aliphatic carbocycles. The summed E-state index contributed by atoms with van der Waals surface area (Å²) in [6.45, 7) is 0. The molecule has 0 amide bonds. The van der Waals surface area contributed by atoms with Crippen molar-refractivity contribution in [2.24, 2.45) is 0 Å². The summed E-state index contributed by atoms with van der Waals surface area (Å²) in [4.78, 5) is 0. The Morgan fingerprint density at radius 2 is 2.20 bits per heavy atom. The van der Waals surface area contributed by atoms with E-state index in [1.165, 1.54) is 0 Å². The zero-order valence-corrected chi connectivity index (χ0v) is 5.12. The summed E-state index contributed by atoms with van der Waals surface area (Å²) in [6.07, 6.45) is 0. The smallest absolute Gasteiger partial charge is 0.193 e. The van der Waals surface area contributed by atoms with E-state index in [1.807, 2.05) is 0 Å². The molecule has 0 rings (SSSR count). The van der Waals surface area contributed by atoms with Gasteiger partial charge in [-0.2, -0.15) is 4.39 Å². The number of hydrogen-bond donors (Lipinski definition) is 0. The Labute approximate surface area is 48.1 Å².